The molecule has 1 aliphatic rings. The minimum absolute atomic E-state index is 0. The predicted octanol–water partition coefficient (Wildman–Crippen LogP) is 4.60. The molecule has 95 valence electrons. The number of fused-ring (bicyclic) bond motifs is 1. The van der Waals surface area contributed by atoms with Crippen molar-refractivity contribution in [3.05, 3.63) is 41.5 Å². The maximum atomic E-state index is 2.44. The Bertz CT molecular complexity index is 401. The molecule has 0 radical (unpaired) electrons. The first kappa shape index (κ1) is 20.1. The second kappa shape index (κ2) is 6.79. The van der Waals surface area contributed by atoms with Crippen molar-refractivity contribution in [1.82, 2.24) is 0 Å². The van der Waals surface area contributed by atoms with E-state index in [2.05, 4.69) is 76.5 Å². The number of hydrogen-bond acceptors (Lipinski definition) is 0. The molecule has 2 rings (SSSR count). The normalized spacial score (nSPS) is 20.6. The Kier molecular flexibility index (Phi) is 8.02. The first-order chi connectivity index (χ1) is 6.45. The van der Waals surface area contributed by atoms with Gasteiger partial charge in [0.05, 0.1) is 0 Å². The molecule has 0 bridgehead atoms. The summed E-state index contributed by atoms with van der Waals surface area (Å²) in [6.45, 7) is 7.33. The zero-order valence-corrected chi connectivity index (χ0v) is 15.2. The molecule has 1 aromatic carbocycles. The van der Waals surface area contributed by atoms with E-state index in [0.29, 0.717) is 3.34 Å². The molecule has 0 aromatic heterocycles. The molecule has 0 saturated carbocycles. The van der Waals surface area contributed by atoms with E-state index >= 15 is 0 Å². The van der Waals surface area contributed by atoms with Crippen LogP contribution in [0.4, 0.5) is 0 Å². The Hall–Kier alpha value is 0.761. The summed E-state index contributed by atoms with van der Waals surface area (Å²) in [6, 6.07) is 8.79. The van der Waals surface area contributed by atoms with Gasteiger partial charge < -0.3 is 0 Å². The van der Waals surface area contributed by atoms with E-state index in [1.807, 2.05) is 0 Å². The minimum atomic E-state index is -1.19. The van der Waals surface area contributed by atoms with Gasteiger partial charge >= 0.3 is 99.0 Å². The molecule has 0 N–H and O–H groups in total. The number of allylic oxidation sites excluding steroid dienone is 1. The first-order valence-corrected chi connectivity index (χ1v) is 9.27. The van der Waals surface area contributed by atoms with Gasteiger partial charge in [0.1, 0.15) is 0 Å². The third kappa shape index (κ3) is 3.40. The van der Waals surface area contributed by atoms with Crippen LogP contribution in [0.1, 0.15) is 11.1 Å². The van der Waals surface area contributed by atoms with E-state index in [1.165, 1.54) is 11.1 Å². The third-order valence-electron chi connectivity index (χ3n) is 3.08. The molecule has 0 amide bonds. The van der Waals surface area contributed by atoms with Crippen LogP contribution in [-0.4, -0.2) is 8.07 Å². The maximum Gasteiger partial charge on any atom is -0.147 e. The third-order valence-corrected chi connectivity index (χ3v) is 10.1. The molecule has 1 aliphatic carbocycles. The van der Waals surface area contributed by atoms with Crippen molar-refractivity contribution in [3.8, 4) is 0 Å². The fraction of sp³-hybridized carbons (Fsp3) is 0.333. The molecule has 5 heteroatoms. The molecular weight excluding hydrogens is 326 g/mol. The molecule has 0 nitrogen and oxygen atoms in total. The molecule has 1 atom stereocenters. The number of benzene rings is 1. The summed E-state index contributed by atoms with van der Waals surface area (Å²) >= 11 is 2.39. The second-order valence-electron chi connectivity index (χ2n) is 4.98. The van der Waals surface area contributed by atoms with Crippen molar-refractivity contribution in [2.45, 2.75) is 23.0 Å². The van der Waals surface area contributed by atoms with Crippen LogP contribution in [0.25, 0.3) is 6.08 Å². The van der Waals surface area contributed by atoms with E-state index in [4.69, 9.17) is 0 Å². The van der Waals surface area contributed by atoms with Crippen LogP contribution in [0.5, 0.6) is 0 Å². The topological polar surface area (TPSA) is 0 Å². The van der Waals surface area contributed by atoms with E-state index in [-0.39, 0.29) is 37.2 Å². The molecule has 0 saturated heterocycles. The number of hydrogen-bond donors (Lipinski definition) is 0. The van der Waals surface area contributed by atoms with Gasteiger partial charge in [-0.25, -0.2) is 0 Å². The summed E-state index contributed by atoms with van der Waals surface area (Å²) < 4.78 is 0.323. The fourth-order valence-electron chi connectivity index (χ4n) is 1.96. The molecule has 0 heterocycles. The van der Waals surface area contributed by atoms with Gasteiger partial charge in [0.2, 0.25) is 0 Å². The zero-order valence-electron chi connectivity index (χ0n) is 10.2. The smallest absolute Gasteiger partial charge is 0.147 e. The van der Waals surface area contributed by atoms with Crippen LogP contribution >= 0.6 is 37.2 Å². The van der Waals surface area contributed by atoms with Crippen molar-refractivity contribution in [2.75, 3.05) is 0 Å². The Morgan fingerprint density at radius 2 is 1.53 bits per heavy atom. The van der Waals surface area contributed by atoms with Gasteiger partial charge in [-0.15, -0.1) is 37.2 Å². The average molecular weight is 345 g/mol. The zero-order chi connectivity index (χ0) is 10.4. The molecule has 0 aliphatic heterocycles. The van der Waals surface area contributed by atoms with E-state index in [0.717, 1.165) is 0 Å². The molecule has 1 unspecified atom stereocenters. The van der Waals surface area contributed by atoms with E-state index in [1.54, 1.807) is 0 Å². The quantitative estimate of drug-likeness (QED) is 0.653. The van der Waals surface area contributed by atoms with Crippen LogP contribution in [-0.2, 0) is 23.8 Å². The molecule has 0 spiro atoms. The Balaban J connectivity index is 0. The Morgan fingerprint density at radius 3 is 2.06 bits per heavy atom. The minimum Gasteiger partial charge on any atom is -0.147 e. The monoisotopic (exact) mass is 343 g/mol. The molecule has 0 fully saturated rings. The van der Waals surface area contributed by atoms with Crippen molar-refractivity contribution in [3.63, 3.8) is 0 Å². The predicted molar refractivity (Wildman–Crippen MR) is 82.2 cm³/mol. The van der Waals surface area contributed by atoms with Gasteiger partial charge in [-0.05, 0) is 0 Å². The van der Waals surface area contributed by atoms with Crippen LogP contribution in [0.3, 0.4) is 0 Å². The number of rotatable bonds is 1. The summed E-state index contributed by atoms with van der Waals surface area (Å²) in [5.41, 5.74) is 2.94. The second-order valence-corrected chi connectivity index (χ2v) is 12.3. The Labute approximate surface area is 135 Å². The summed E-state index contributed by atoms with van der Waals surface area (Å²) in [5.74, 6) is 0. The van der Waals surface area contributed by atoms with Crippen LogP contribution in [0, 0.1) is 0 Å². The van der Waals surface area contributed by atoms with Crippen molar-refractivity contribution in [1.29, 1.82) is 0 Å². The summed E-state index contributed by atoms with van der Waals surface area (Å²) in [5, 5.41) is 0. The standard InChI is InChI=1S/C12H15Si.3ClH.Ti/c1-13(2,3)12-9-8-10-6-4-5-7-11(10)12;;;;/h4-9H,1-3H3;3*1H;. The van der Waals surface area contributed by atoms with Gasteiger partial charge in [0.15, 0.2) is 0 Å². The van der Waals surface area contributed by atoms with Gasteiger partial charge in [-0.3, -0.25) is 0 Å². The maximum absolute atomic E-state index is 2.44. The van der Waals surface area contributed by atoms with E-state index in [9.17, 15) is 0 Å². The van der Waals surface area contributed by atoms with Crippen molar-refractivity contribution >= 4 is 51.4 Å². The first-order valence-electron chi connectivity index (χ1n) is 4.99. The molecule has 17 heavy (non-hydrogen) atoms. The number of halogens is 3. The molecular formula is C12H18Cl3SiTi. The van der Waals surface area contributed by atoms with Crippen LogP contribution < -0.4 is 0 Å². The SMILES string of the molecule is C[Si](C)(C)[C]1([Ti])C=Cc2ccccc21.Cl.Cl.Cl. The van der Waals surface area contributed by atoms with Gasteiger partial charge in [-0.1, -0.05) is 0 Å². The Morgan fingerprint density at radius 1 is 1.00 bits per heavy atom. The van der Waals surface area contributed by atoms with E-state index < -0.39 is 8.07 Å². The largest absolute Gasteiger partial charge is 0.147 e. The summed E-state index contributed by atoms with van der Waals surface area (Å²) in [7, 11) is -1.19. The van der Waals surface area contributed by atoms with Gasteiger partial charge in [0, 0.05) is 0 Å². The summed E-state index contributed by atoms with van der Waals surface area (Å²) in [6.07, 6.45) is 4.69. The van der Waals surface area contributed by atoms with Crippen LogP contribution in [0.2, 0.25) is 19.6 Å². The van der Waals surface area contributed by atoms with Gasteiger partial charge in [0.25, 0.3) is 0 Å². The molecule has 1 aromatic rings. The fourth-order valence-corrected chi connectivity index (χ4v) is 4.06. The van der Waals surface area contributed by atoms with Crippen molar-refractivity contribution < 1.29 is 20.4 Å². The van der Waals surface area contributed by atoms with Gasteiger partial charge in [-0.2, -0.15) is 0 Å². The average Bonchev–Trinajstić information content (AvgIpc) is 2.45. The van der Waals surface area contributed by atoms with Crippen LogP contribution in [0.15, 0.2) is 30.3 Å². The van der Waals surface area contributed by atoms with Crippen molar-refractivity contribution in [2.24, 2.45) is 0 Å². The summed E-state index contributed by atoms with van der Waals surface area (Å²) in [4.78, 5) is 0.